The number of carbonyl (C=O) groups excluding carboxylic acids is 2. The predicted molar refractivity (Wildman–Crippen MR) is 165 cm³/mol. The minimum Gasteiger partial charge on any atom is -0.379 e. The highest BCUT2D eigenvalue weighted by Crippen LogP contribution is 2.36. The lowest BCUT2D eigenvalue weighted by molar-refractivity contribution is -0.117. The summed E-state index contributed by atoms with van der Waals surface area (Å²) in [6.07, 6.45) is 3.93. The van der Waals surface area contributed by atoms with Gasteiger partial charge in [-0.05, 0) is 49.1 Å². The number of morpholine rings is 1. The molecule has 10 nitrogen and oxygen atoms in total. The minimum atomic E-state index is -0.535. The Hall–Kier alpha value is -2.71. The zero-order valence-corrected chi connectivity index (χ0v) is 25.2. The summed E-state index contributed by atoms with van der Waals surface area (Å²) >= 11 is 3.01. The molecule has 4 N–H and O–H groups in total. The van der Waals surface area contributed by atoms with Crippen molar-refractivity contribution in [3.8, 4) is 10.4 Å². The Morgan fingerprint density at radius 1 is 1.12 bits per heavy atom. The summed E-state index contributed by atoms with van der Waals surface area (Å²) in [4.78, 5) is 35.9. The number of amides is 2. The van der Waals surface area contributed by atoms with Crippen LogP contribution in [0.5, 0.6) is 0 Å². The summed E-state index contributed by atoms with van der Waals surface area (Å²) in [5.41, 5.74) is 2.23. The molecule has 0 radical (unpaired) electrons. The summed E-state index contributed by atoms with van der Waals surface area (Å²) in [6.45, 7) is 7.05. The number of nitrogens with zero attached hydrogens (tertiary/aromatic N) is 3. The Morgan fingerprint density at radius 3 is 2.69 bits per heavy atom. The van der Waals surface area contributed by atoms with Gasteiger partial charge in [0.2, 0.25) is 5.91 Å². The summed E-state index contributed by atoms with van der Waals surface area (Å²) < 4.78 is 5.38. The largest absolute Gasteiger partial charge is 0.379 e. The van der Waals surface area contributed by atoms with Crippen LogP contribution in [0.1, 0.15) is 45.4 Å². The lowest BCUT2D eigenvalue weighted by atomic mass is 10.0. The molecule has 6 rings (SSSR count). The molecule has 0 saturated carbocycles. The van der Waals surface area contributed by atoms with Gasteiger partial charge in [0.1, 0.15) is 6.23 Å². The van der Waals surface area contributed by atoms with Crippen LogP contribution in [0.15, 0.2) is 42.6 Å². The maximum atomic E-state index is 13.0. The van der Waals surface area contributed by atoms with Crippen molar-refractivity contribution in [1.82, 2.24) is 25.4 Å². The van der Waals surface area contributed by atoms with Crippen molar-refractivity contribution in [2.45, 2.75) is 44.0 Å². The lowest BCUT2D eigenvalue weighted by Crippen LogP contribution is -2.48. The fraction of sp³-hybridized carbons (Fsp3) is 0.500. The van der Waals surface area contributed by atoms with Gasteiger partial charge in [0, 0.05) is 51.4 Å². The van der Waals surface area contributed by atoms with E-state index in [1.807, 2.05) is 17.2 Å². The Morgan fingerprint density at radius 2 is 1.93 bits per heavy atom. The molecule has 42 heavy (non-hydrogen) atoms. The molecule has 3 fully saturated rings. The molecule has 2 atom stereocenters. The van der Waals surface area contributed by atoms with Crippen molar-refractivity contribution >= 4 is 39.5 Å². The Balaban J connectivity index is 0.942. The van der Waals surface area contributed by atoms with Crippen LogP contribution in [0.25, 0.3) is 10.4 Å². The summed E-state index contributed by atoms with van der Waals surface area (Å²) in [7, 11) is 0. The van der Waals surface area contributed by atoms with Crippen LogP contribution in [0.2, 0.25) is 0 Å². The van der Waals surface area contributed by atoms with Gasteiger partial charge in [-0.2, -0.15) is 0 Å². The van der Waals surface area contributed by atoms with E-state index in [1.54, 1.807) is 17.4 Å². The van der Waals surface area contributed by atoms with Crippen molar-refractivity contribution < 1.29 is 19.4 Å². The van der Waals surface area contributed by atoms with E-state index >= 15 is 0 Å². The predicted octanol–water partition coefficient (Wildman–Crippen LogP) is 2.93. The van der Waals surface area contributed by atoms with Gasteiger partial charge < -0.3 is 25.4 Å². The molecule has 1 aromatic carbocycles. The smallest absolute Gasteiger partial charge is 0.264 e. The molecule has 0 bridgehead atoms. The molecule has 3 aliphatic rings. The number of hydrogen-bond donors (Lipinski definition) is 4. The molecular formula is C30H38N6O4S2. The van der Waals surface area contributed by atoms with Crippen molar-refractivity contribution in [2.75, 3.05) is 57.8 Å². The number of aliphatic hydroxyl groups is 1. The van der Waals surface area contributed by atoms with Gasteiger partial charge in [-0.1, -0.05) is 24.3 Å². The second-order valence-electron chi connectivity index (χ2n) is 11.1. The van der Waals surface area contributed by atoms with Gasteiger partial charge in [0.15, 0.2) is 0 Å². The molecule has 0 aliphatic carbocycles. The molecule has 3 aliphatic heterocycles. The first-order valence-corrected chi connectivity index (χ1v) is 16.3. The van der Waals surface area contributed by atoms with Gasteiger partial charge in [0.05, 0.1) is 39.0 Å². The van der Waals surface area contributed by atoms with E-state index in [1.165, 1.54) is 11.3 Å². The Bertz CT molecular complexity index is 1340. The molecule has 2 aromatic heterocycles. The third-order valence-corrected chi connectivity index (χ3v) is 10.3. The van der Waals surface area contributed by atoms with Crippen LogP contribution >= 0.6 is 22.7 Å². The standard InChI is InChI=1S/C30H38N6O4S2/c37-26(9-11-35-12-14-40-15-13-35)32-16-20-3-5-21(6-4-20)25-17-33-29(42-25)22-18-36(19-22)30(39)24-7-8-27(41-24)34-28(38)23-2-1-10-31-23/h3-8,17,22-23,26,31-32,37H,1-2,9-16,18-19H2,(H,34,38)/t23-,26?/m0/s1. The van der Waals surface area contributed by atoms with E-state index in [0.717, 1.165) is 73.2 Å². The molecule has 2 amide bonds. The number of likely N-dealkylation sites (tertiary alicyclic amines) is 1. The third-order valence-electron chi connectivity index (χ3n) is 8.08. The van der Waals surface area contributed by atoms with Crippen LogP contribution in [-0.4, -0.2) is 96.5 Å². The maximum absolute atomic E-state index is 13.0. The summed E-state index contributed by atoms with van der Waals surface area (Å²) in [6, 6.07) is 11.8. The van der Waals surface area contributed by atoms with E-state index in [2.05, 4.69) is 50.1 Å². The first-order valence-electron chi connectivity index (χ1n) is 14.7. The van der Waals surface area contributed by atoms with E-state index in [4.69, 9.17) is 4.74 Å². The summed E-state index contributed by atoms with van der Waals surface area (Å²) in [5, 5.41) is 21.4. The Kier molecular flexibility index (Phi) is 9.59. The molecule has 5 heterocycles. The number of carbonyl (C=O) groups is 2. The molecule has 3 saturated heterocycles. The number of rotatable bonds is 11. The third kappa shape index (κ3) is 7.25. The van der Waals surface area contributed by atoms with Crippen LogP contribution in [0.4, 0.5) is 5.00 Å². The van der Waals surface area contributed by atoms with Crippen molar-refractivity contribution in [3.05, 3.63) is 58.0 Å². The Labute approximate surface area is 254 Å². The van der Waals surface area contributed by atoms with Gasteiger partial charge in [-0.25, -0.2) is 4.98 Å². The number of benzene rings is 1. The normalized spacial score (nSPS) is 20.4. The van der Waals surface area contributed by atoms with E-state index in [0.29, 0.717) is 35.9 Å². The monoisotopic (exact) mass is 610 g/mol. The second-order valence-corrected chi connectivity index (χ2v) is 13.3. The summed E-state index contributed by atoms with van der Waals surface area (Å²) in [5.74, 6) is 0.211. The van der Waals surface area contributed by atoms with Crippen LogP contribution in [-0.2, 0) is 16.1 Å². The van der Waals surface area contributed by atoms with Crippen molar-refractivity contribution in [2.24, 2.45) is 0 Å². The first-order chi connectivity index (χ1) is 20.5. The van der Waals surface area contributed by atoms with Crippen LogP contribution in [0, 0.1) is 0 Å². The lowest BCUT2D eigenvalue weighted by Gasteiger charge is -2.37. The van der Waals surface area contributed by atoms with E-state index in [9.17, 15) is 14.7 Å². The van der Waals surface area contributed by atoms with Gasteiger partial charge in [0.25, 0.3) is 5.91 Å². The molecule has 1 unspecified atom stereocenters. The number of thiazole rings is 1. The van der Waals surface area contributed by atoms with Crippen LogP contribution < -0.4 is 16.0 Å². The van der Waals surface area contributed by atoms with Gasteiger partial charge in [-0.15, -0.1) is 22.7 Å². The fourth-order valence-electron chi connectivity index (χ4n) is 5.46. The number of thiophene rings is 1. The highest BCUT2D eigenvalue weighted by molar-refractivity contribution is 7.18. The van der Waals surface area contributed by atoms with Gasteiger partial charge >= 0.3 is 0 Å². The number of ether oxygens (including phenoxy) is 1. The van der Waals surface area contributed by atoms with Crippen LogP contribution in [0.3, 0.4) is 0 Å². The highest BCUT2D eigenvalue weighted by Gasteiger charge is 2.35. The number of aliphatic hydroxyl groups excluding tert-OH is 1. The molecule has 12 heteroatoms. The molecule has 0 spiro atoms. The quantitative estimate of drug-likeness (QED) is 0.245. The zero-order valence-electron chi connectivity index (χ0n) is 23.6. The first kappa shape index (κ1) is 29.4. The maximum Gasteiger partial charge on any atom is 0.264 e. The molecular weight excluding hydrogens is 573 g/mol. The average molecular weight is 611 g/mol. The fourth-order valence-corrected chi connectivity index (χ4v) is 7.34. The van der Waals surface area contributed by atoms with E-state index in [-0.39, 0.29) is 23.8 Å². The second kappa shape index (κ2) is 13.7. The van der Waals surface area contributed by atoms with Crippen molar-refractivity contribution in [1.29, 1.82) is 0 Å². The van der Waals surface area contributed by atoms with E-state index < -0.39 is 6.23 Å². The minimum absolute atomic E-state index is 0.00271. The zero-order chi connectivity index (χ0) is 28.9. The molecule has 3 aromatic rings. The highest BCUT2D eigenvalue weighted by atomic mass is 32.1. The van der Waals surface area contributed by atoms with Gasteiger partial charge in [-0.3, -0.25) is 19.8 Å². The average Bonchev–Trinajstić information content (AvgIpc) is 3.78. The number of anilines is 1. The SMILES string of the molecule is O=C(Nc1ccc(C(=O)N2CC(c3ncc(-c4ccc(CNC(O)CCN5CCOCC5)cc4)s3)C2)s1)[C@@H]1CCCN1. The topological polar surface area (TPSA) is 119 Å². The number of aromatic nitrogens is 1. The van der Waals surface area contributed by atoms with Crippen molar-refractivity contribution in [3.63, 3.8) is 0 Å². The molecule has 224 valence electrons. The number of hydrogen-bond acceptors (Lipinski definition) is 10. The number of nitrogens with one attached hydrogen (secondary N) is 3.